The molecular weight excluding hydrogens is 238 g/mol. The maximum absolute atomic E-state index is 12.0. The summed E-state index contributed by atoms with van der Waals surface area (Å²) in [6, 6.07) is 0. The first-order valence-corrected chi connectivity index (χ1v) is 7.79. The van der Waals surface area contributed by atoms with Gasteiger partial charge in [0.05, 0.1) is 11.3 Å². The monoisotopic (exact) mass is 261 g/mol. The van der Waals surface area contributed by atoms with Crippen LogP contribution >= 0.6 is 0 Å². The third kappa shape index (κ3) is 3.96. The molecular formula is C11H23N3O2S. The van der Waals surface area contributed by atoms with E-state index in [2.05, 4.69) is 4.72 Å². The van der Waals surface area contributed by atoms with Crippen LogP contribution in [-0.4, -0.2) is 25.5 Å². The highest BCUT2D eigenvalue weighted by Crippen LogP contribution is 2.29. The van der Waals surface area contributed by atoms with Crippen molar-refractivity contribution in [3.8, 4) is 0 Å². The summed E-state index contributed by atoms with van der Waals surface area (Å²) in [7, 11) is -3.35. The van der Waals surface area contributed by atoms with E-state index in [0.717, 1.165) is 19.3 Å². The van der Waals surface area contributed by atoms with Gasteiger partial charge in [0.1, 0.15) is 5.84 Å². The quantitative estimate of drug-likeness (QED) is 0.512. The Balaban J connectivity index is 2.83. The third-order valence-electron chi connectivity index (χ3n) is 3.13. The molecule has 0 bridgehead atoms. The Morgan fingerprint density at radius 1 is 1.35 bits per heavy atom. The lowest BCUT2D eigenvalue weighted by Crippen LogP contribution is -2.58. The summed E-state index contributed by atoms with van der Waals surface area (Å²) < 4.78 is 26.6. The standard InChI is InChI=1S/C11H23N3O2S/c1-9(2)8-17(15,16)14-11(10(12)13)6-4-3-5-7-11/h9,14H,3-8H2,1-2H3,(H3,12,13). The van der Waals surface area contributed by atoms with Crippen LogP contribution in [0.15, 0.2) is 0 Å². The van der Waals surface area contributed by atoms with Crippen LogP contribution < -0.4 is 10.5 Å². The van der Waals surface area contributed by atoms with E-state index in [1.54, 1.807) is 0 Å². The lowest BCUT2D eigenvalue weighted by atomic mass is 9.82. The van der Waals surface area contributed by atoms with Crippen LogP contribution in [0.25, 0.3) is 0 Å². The molecule has 1 aliphatic rings. The molecule has 0 aromatic heterocycles. The number of hydrogen-bond donors (Lipinski definition) is 3. The van der Waals surface area contributed by atoms with Crippen molar-refractivity contribution in [2.24, 2.45) is 11.7 Å². The zero-order valence-corrected chi connectivity index (χ0v) is 11.4. The van der Waals surface area contributed by atoms with E-state index in [1.807, 2.05) is 13.8 Å². The first-order valence-electron chi connectivity index (χ1n) is 6.13. The van der Waals surface area contributed by atoms with E-state index >= 15 is 0 Å². The fourth-order valence-electron chi connectivity index (χ4n) is 2.36. The van der Waals surface area contributed by atoms with Crippen LogP contribution in [0.3, 0.4) is 0 Å². The molecule has 6 heteroatoms. The van der Waals surface area contributed by atoms with Crippen molar-refractivity contribution < 1.29 is 8.42 Å². The van der Waals surface area contributed by atoms with Gasteiger partial charge >= 0.3 is 0 Å². The molecule has 0 amide bonds. The Morgan fingerprint density at radius 3 is 2.29 bits per heavy atom. The largest absolute Gasteiger partial charge is 0.386 e. The third-order valence-corrected chi connectivity index (χ3v) is 4.93. The molecule has 1 rings (SSSR count). The number of nitrogens with two attached hydrogens (primary N) is 1. The molecule has 4 N–H and O–H groups in total. The van der Waals surface area contributed by atoms with Gasteiger partial charge in [-0.25, -0.2) is 13.1 Å². The normalized spacial score (nSPS) is 20.4. The molecule has 1 fully saturated rings. The van der Waals surface area contributed by atoms with E-state index < -0.39 is 15.6 Å². The van der Waals surface area contributed by atoms with Gasteiger partial charge in [0, 0.05) is 0 Å². The van der Waals surface area contributed by atoms with Crippen LogP contribution in [0.1, 0.15) is 46.0 Å². The Hall–Kier alpha value is -0.620. The van der Waals surface area contributed by atoms with Gasteiger partial charge < -0.3 is 5.73 Å². The van der Waals surface area contributed by atoms with Crippen molar-refractivity contribution in [2.75, 3.05) is 5.75 Å². The zero-order chi connectivity index (χ0) is 13.1. The summed E-state index contributed by atoms with van der Waals surface area (Å²) in [5.41, 5.74) is 4.77. The van der Waals surface area contributed by atoms with Gasteiger partial charge in [0.15, 0.2) is 0 Å². The van der Waals surface area contributed by atoms with Crippen LogP contribution in [0.4, 0.5) is 0 Å². The maximum atomic E-state index is 12.0. The molecule has 0 saturated heterocycles. The van der Waals surface area contributed by atoms with Crippen molar-refractivity contribution in [3.63, 3.8) is 0 Å². The Labute approximate surface area is 104 Å². The van der Waals surface area contributed by atoms with Gasteiger partial charge in [0.2, 0.25) is 10.0 Å². The molecule has 0 aromatic carbocycles. The molecule has 0 radical (unpaired) electrons. The first-order chi connectivity index (χ1) is 7.77. The van der Waals surface area contributed by atoms with Gasteiger partial charge in [-0.3, -0.25) is 5.41 Å². The summed E-state index contributed by atoms with van der Waals surface area (Å²) in [6.07, 6.45) is 4.20. The van der Waals surface area contributed by atoms with Crippen LogP contribution in [0, 0.1) is 11.3 Å². The second-order valence-electron chi connectivity index (χ2n) is 5.33. The van der Waals surface area contributed by atoms with Crippen molar-refractivity contribution in [2.45, 2.75) is 51.5 Å². The van der Waals surface area contributed by atoms with E-state index in [-0.39, 0.29) is 17.5 Å². The van der Waals surface area contributed by atoms with Gasteiger partial charge in [-0.05, 0) is 18.8 Å². The van der Waals surface area contributed by atoms with Crippen LogP contribution in [0.5, 0.6) is 0 Å². The molecule has 0 aromatic rings. The lowest BCUT2D eigenvalue weighted by molar-refractivity contribution is 0.347. The molecule has 5 nitrogen and oxygen atoms in total. The highest BCUT2D eigenvalue weighted by atomic mass is 32.2. The summed E-state index contributed by atoms with van der Waals surface area (Å²) >= 11 is 0. The SMILES string of the molecule is CC(C)CS(=O)(=O)NC1(C(=N)N)CCCCC1. The van der Waals surface area contributed by atoms with Gasteiger partial charge in [-0.1, -0.05) is 33.1 Å². The molecule has 0 atom stereocenters. The van der Waals surface area contributed by atoms with Gasteiger partial charge in [-0.2, -0.15) is 0 Å². The Bertz CT molecular complexity index is 370. The first kappa shape index (κ1) is 14.4. The molecule has 100 valence electrons. The molecule has 1 aliphatic carbocycles. The Kier molecular flexibility index (Phi) is 4.55. The predicted molar refractivity (Wildman–Crippen MR) is 69.5 cm³/mol. The summed E-state index contributed by atoms with van der Waals surface area (Å²) in [6.45, 7) is 3.72. The number of hydrogen-bond acceptors (Lipinski definition) is 3. The molecule has 0 spiro atoms. The number of sulfonamides is 1. The summed E-state index contributed by atoms with van der Waals surface area (Å²) in [5.74, 6) is 0.104. The zero-order valence-electron chi connectivity index (χ0n) is 10.6. The van der Waals surface area contributed by atoms with Crippen molar-refractivity contribution >= 4 is 15.9 Å². The minimum atomic E-state index is -3.35. The van der Waals surface area contributed by atoms with E-state index in [1.165, 1.54) is 0 Å². The topological polar surface area (TPSA) is 96.0 Å². The molecule has 1 saturated carbocycles. The van der Waals surface area contributed by atoms with Crippen LogP contribution in [0.2, 0.25) is 0 Å². The minimum Gasteiger partial charge on any atom is -0.386 e. The second-order valence-corrected chi connectivity index (χ2v) is 7.10. The second kappa shape index (κ2) is 5.35. The Morgan fingerprint density at radius 2 is 1.88 bits per heavy atom. The van der Waals surface area contributed by atoms with E-state index in [4.69, 9.17) is 11.1 Å². The highest BCUT2D eigenvalue weighted by molar-refractivity contribution is 7.89. The van der Waals surface area contributed by atoms with Crippen molar-refractivity contribution in [1.29, 1.82) is 5.41 Å². The fraction of sp³-hybridized carbons (Fsp3) is 0.909. The molecule has 17 heavy (non-hydrogen) atoms. The lowest BCUT2D eigenvalue weighted by Gasteiger charge is -2.36. The smallest absolute Gasteiger partial charge is 0.212 e. The number of rotatable bonds is 5. The average molecular weight is 261 g/mol. The van der Waals surface area contributed by atoms with Gasteiger partial charge in [0.25, 0.3) is 0 Å². The van der Waals surface area contributed by atoms with Crippen LogP contribution in [-0.2, 0) is 10.0 Å². The summed E-state index contributed by atoms with van der Waals surface area (Å²) in [4.78, 5) is 0. The van der Waals surface area contributed by atoms with Crippen molar-refractivity contribution in [3.05, 3.63) is 0 Å². The van der Waals surface area contributed by atoms with E-state index in [0.29, 0.717) is 12.8 Å². The molecule has 0 aliphatic heterocycles. The predicted octanol–water partition coefficient (Wildman–Crippen LogP) is 1.20. The van der Waals surface area contributed by atoms with Gasteiger partial charge in [-0.15, -0.1) is 0 Å². The van der Waals surface area contributed by atoms with E-state index in [9.17, 15) is 8.42 Å². The van der Waals surface area contributed by atoms with Crippen molar-refractivity contribution in [1.82, 2.24) is 4.72 Å². The fourth-order valence-corrected chi connectivity index (χ4v) is 4.23. The summed E-state index contributed by atoms with van der Waals surface area (Å²) in [5, 5.41) is 7.65. The molecule has 0 unspecified atom stereocenters. The number of nitrogens with one attached hydrogen (secondary N) is 2. The minimum absolute atomic E-state index is 0.0514. The molecule has 0 heterocycles. The average Bonchev–Trinajstić information content (AvgIpc) is 2.15. The number of amidine groups is 1. The maximum Gasteiger partial charge on any atom is 0.212 e. The highest BCUT2D eigenvalue weighted by Gasteiger charge is 2.38.